The van der Waals surface area contributed by atoms with Gasteiger partial charge in [-0.05, 0) is 77.7 Å². The zero-order valence-electron chi connectivity index (χ0n) is 27.2. The van der Waals surface area contributed by atoms with Gasteiger partial charge in [-0.2, -0.15) is 5.10 Å². The molecule has 2 atom stereocenters. The number of nitrogens with one attached hydrogen (secondary N) is 3. The van der Waals surface area contributed by atoms with Crippen LogP contribution in [0.4, 0.5) is 10.5 Å². The van der Waals surface area contributed by atoms with Gasteiger partial charge in [-0.15, -0.1) is 0 Å². The molecule has 15 nitrogen and oxygen atoms in total. The highest BCUT2D eigenvalue weighted by Gasteiger charge is 2.32. The van der Waals surface area contributed by atoms with Gasteiger partial charge in [0.2, 0.25) is 0 Å². The second-order valence-electron chi connectivity index (χ2n) is 10.4. The molecule has 3 aromatic carbocycles. The van der Waals surface area contributed by atoms with E-state index in [9.17, 15) is 24.8 Å². The first-order valence-corrected chi connectivity index (χ1v) is 15.9. The lowest BCUT2D eigenvalue weighted by Crippen LogP contribution is -2.45. The smallest absolute Gasteiger partial charge is 0.337 e. The molecule has 0 bridgehead atoms. The minimum atomic E-state index is -1.21. The predicted molar refractivity (Wildman–Crippen MR) is 182 cm³/mol. The summed E-state index contributed by atoms with van der Waals surface area (Å²) >= 11 is 3.49. The van der Waals surface area contributed by atoms with Gasteiger partial charge in [0.05, 0.1) is 47.5 Å². The maximum absolute atomic E-state index is 12.5. The van der Waals surface area contributed by atoms with Gasteiger partial charge in [0, 0.05) is 17.8 Å². The standard InChI is InChI=1S/C33H36BrN5O10/c1-5-46-26-15-22(30-29(32(41)45-4)19(3)36-33(42)37-30)10-11-25(26)48-18-28(40)38-35-16-21-13-24(34)31(27(14-21)47-6-2)49-17-20-8-7-9-23(12-20)39(43)44/h7-16,28,30,38,40H,5-6,17-18H2,1-4H3,(H2,36,37,42)/b35-16-/t28-,30-/m1/s1. The third-order valence-electron chi connectivity index (χ3n) is 6.95. The maximum Gasteiger partial charge on any atom is 0.337 e. The maximum atomic E-state index is 12.5. The van der Waals surface area contributed by atoms with E-state index in [2.05, 4.69) is 37.1 Å². The van der Waals surface area contributed by atoms with Gasteiger partial charge in [0.25, 0.3) is 5.69 Å². The van der Waals surface area contributed by atoms with E-state index in [4.69, 9.17) is 23.7 Å². The van der Waals surface area contributed by atoms with Crippen molar-refractivity contribution in [2.75, 3.05) is 26.9 Å². The third-order valence-corrected chi connectivity index (χ3v) is 7.53. The number of nitro benzene ring substituents is 1. The van der Waals surface area contributed by atoms with Crippen LogP contribution in [0.1, 0.15) is 43.5 Å². The van der Waals surface area contributed by atoms with Gasteiger partial charge >= 0.3 is 12.0 Å². The molecule has 0 saturated heterocycles. The molecule has 260 valence electrons. The number of rotatable bonds is 16. The summed E-state index contributed by atoms with van der Waals surface area (Å²) in [5, 5.41) is 31.0. The zero-order chi connectivity index (χ0) is 35.5. The van der Waals surface area contributed by atoms with E-state index < -0.39 is 29.2 Å². The van der Waals surface area contributed by atoms with Gasteiger partial charge in [0.1, 0.15) is 13.2 Å². The fourth-order valence-electron chi connectivity index (χ4n) is 4.80. The number of hydrogen-bond donors (Lipinski definition) is 4. The van der Waals surface area contributed by atoms with E-state index in [1.807, 2.05) is 6.92 Å². The van der Waals surface area contributed by atoms with E-state index in [0.29, 0.717) is 63.1 Å². The predicted octanol–water partition coefficient (Wildman–Crippen LogP) is 4.86. The molecule has 0 fully saturated rings. The van der Waals surface area contributed by atoms with Crippen molar-refractivity contribution >= 4 is 39.8 Å². The Morgan fingerprint density at radius 1 is 1.08 bits per heavy atom. The van der Waals surface area contributed by atoms with Crippen LogP contribution in [-0.4, -0.2) is 61.4 Å². The number of nitrogens with zero attached hydrogens (tertiary/aromatic N) is 2. The summed E-state index contributed by atoms with van der Waals surface area (Å²) in [6, 6.07) is 13.3. The number of urea groups is 1. The van der Waals surface area contributed by atoms with E-state index in [0.717, 1.165) is 0 Å². The van der Waals surface area contributed by atoms with Crippen molar-refractivity contribution in [1.29, 1.82) is 0 Å². The number of aliphatic hydroxyl groups excluding tert-OH is 1. The van der Waals surface area contributed by atoms with Crippen molar-refractivity contribution in [1.82, 2.24) is 16.1 Å². The molecular formula is C33H36BrN5O10. The van der Waals surface area contributed by atoms with Crippen molar-refractivity contribution in [3.8, 4) is 23.0 Å². The fraction of sp³-hybridized carbons (Fsp3) is 0.303. The molecule has 1 aliphatic heterocycles. The number of aliphatic hydroxyl groups is 1. The number of hydrogen-bond acceptors (Lipinski definition) is 12. The number of nitro groups is 1. The molecule has 49 heavy (non-hydrogen) atoms. The number of halogens is 1. The van der Waals surface area contributed by atoms with Crippen LogP contribution in [-0.2, 0) is 16.1 Å². The number of esters is 1. The normalized spacial score (nSPS) is 14.8. The van der Waals surface area contributed by atoms with Gasteiger partial charge < -0.3 is 39.4 Å². The molecule has 1 aliphatic rings. The van der Waals surface area contributed by atoms with E-state index in [1.54, 1.807) is 56.3 Å². The van der Waals surface area contributed by atoms with E-state index in [-0.39, 0.29) is 24.5 Å². The van der Waals surface area contributed by atoms with Crippen LogP contribution in [0, 0.1) is 10.1 Å². The van der Waals surface area contributed by atoms with Crippen LogP contribution < -0.4 is 35.0 Å². The highest BCUT2D eigenvalue weighted by molar-refractivity contribution is 9.10. The van der Waals surface area contributed by atoms with Crippen LogP contribution in [0.15, 0.2) is 75.4 Å². The SMILES string of the molecule is CCOc1cc([C@H]2NC(=O)NC(C)=C2C(=O)OC)ccc1OC[C@@H](O)N/N=C\c1cc(Br)c(OCc2cccc([N+](=O)[O-])c2)c(OCC)c1. The monoisotopic (exact) mass is 741 g/mol. The lowest BCUT2D eigenvalue weighted by Gasteiger charge is -2.28. The van der Waals surface area contributed by atoms with Gasteiger partial charge in [-0.1, -0.05) is 18.2 Å². The van der Waals surface area contributed by atoms with Crippen molar-refractivity contribution in [2.24, 2.45) is 5.10 Å². The Morgan fingerprint density at radius 3 is 2.55 bits per heavy atom. The number of methoxy groups -OCH3 is 1. The second kappa shape index (κ2) is 17.2. The first-order chi connectivity index (χ1) is 23.5. The first-order valence-electron chi connectivity index (χ1n) is 15.1. The number of hydrazone groups is 1. The Bertz CT molecular complexity index is 1750. The molecule has 16 heteroatoms. The van der Waals surface area contributed by atoms with Gasteiger partial charge in [0.15, 0.2) is 29.2 Å². The molecule has 3 aromatic rings. The summed E-state index contributed by atoms with van der Waals surface area (Å²) in [6.45, 7) is 5.77. The Labute approximate surface area is 290 Å². The first kappa shape index (κ1) is 36.5. The van der Waals surface area contributed by atoms with Crippen LogP contribution in [0.25, 0.3) is 0 Å². The number of non-ortho nitro benzene ring substituents is 1. The summed E-state index contributed by atoms with van der Waals surface area (Å²) in [6.07, 6.45) is 0.265. The summed E-state index contributed by atoms with van der Waals surface area (Å²) in [5.41, 5.74) is 4.99. The van der Waals surface area contributed by atoms with Crippen LogP contribution in [0.2, 0.25) is 0 Å². The lowest BCUT2D eigenvalue weighted by molar-refractivity contribution is -0.384. The molecule has 0 saturated carbocycles. The Morgan fingerprint density at radius 2 is 1.84 bits per heavy atom. The number of carbonyl (C=O) groups excluding carboxylic acids is 2. The van der Waals surface area contributed by atoms with Crippen molar-refractivity contribution in [3.63, 3.8) is 0 Å². The molecular weight excluding hydrogens is 706 g/mol. The summed E-state index contributed by atoms with van der Waals surface area (Å²) < 4.78 is 28.7. The number of ether oxygens (including phenoxy) is 5. The topological polar surface area (TPSA) is 192 Å². The Balaban J connectivity index is 1.40. The molecule has 0 spiro atoms. The van der Waals surface area contributed by atoms with Crippen molar-refractivity contribution < 1.29 is 43.3 Å². The minimum absolute atomic E-state index is 0.0309. The number of benzene rings is 3. The number of allylic oxidation sites excluding steroid dienone is 1. The third kappa shape index (κ3) is 9.61. The van der Waals surface area contributed by atoms with Crippen LogP contribution >= 0.6 is 15.9 Å². The van der Waals surface area contributed by atoms with Crippen molar-refractivity contribution in [3.05, 3.63) is 97.1 Å². The van der Waals surface area contributed by atoms with E-state index in [1.165, 1.54) is 25.5 Å². The summed E-state index contributed by atoms with van der Waals surface area (Å²) in [4.78, 5) is 35.3. The highest BCUT2D eigenvalue weighted by Crippen LogP contribution is 2.38. The molecule has 2 amide bonds. The van der Waals surface area contributed by atoms with Crippen molar-refractivity contribution in [2.45, 2.75) is 39.6 Å². The number of carbonyl (C=O) groups is 2. The minimum Gasteiger partial charge on any atom is -0.490 e. The quantitative estimate of drug-likeness (QED) is 0.0516. The fourth-order valence-corrected chi connectivity index (χ4v) is 5.37. The average Bonchev–Trinajstić information content (AvgIpc) is 3.07. The molecule has 1 heterocycles. The zero-order valence-corrected chi connectivity index (χ0v) is 28.7. The second-order valence-corrected chi connectivity index (χ2v) is 11.2. The molecule has 0 radical (unpaired) electrons. The molecule has 0 aromatic heterocycles. The lowest BCUT2D eigenvalue weighted by atomic mass is 9.95. The summed E-state index contributed by atoms with van der Waals surface area (Å²) in [5.74, 6) is 0.909. The summed E-state index contributed by atoms with van der Waals surface area (Å²) in [7, 11) is 1.26. The van der Waals surface area contributed by atoms with Crippen LogP contribution in [0.3, 0.4) is 0 Å². The highest BCUT2D eigenvalue weighted by atomic mass is 79.9. The largest absolute Gasteiger partial charge is 0.490 e. The number of amides is 2. The van der Waals surface area contributed by atoms with E-state index >= 15 is 0 Å². The molecule has 0 aliphatic carbocycles. The average molecular weight is 743 g/mol. The Kier molecular flexibility index (Phi) is 12.8. The molecule has 4 rings (SSSR count). The van der Waals surface area contributed by atoms with Gasteiger partial charge in [-0.3, -0.25) is 15.5 Å². The van der Waals surface area contributed by atoms with Crippen LogP contribution in [0.5, 0.6) is 23.0 Å². The molecule has 4 N–H and O–H groups in total. The Hall–Kier alpha value is -5.35. The molecule has 0 unspecified atom stereocenters. The van der Waals surface area contributed by atoms with Gasteiger partial charge in [-0.25, -0.2) is 9.59 Å².